The highest BCUT2D eigenvalue weighted by molar-refractivity contribution is 6.05. The molecule has 3 N–H and O–H groups in total. The summed E-state index contributed by atoms with van der Waals surface area (Å²) in [5, 5.41) is 8.62. The number of hydrogen-bond acceptors (Lipinski definition) is 5. The topological polar surface area (TPSA) is 129 Å². The van der Waals surface area contributed by atoms with Crippen LogP contribution in [-0.4, -0.2) is 57.0 Å². The molecule has 2 aromatic rings. The summed E-state index contributed by atoms with van der Waals surface area (Å²) in [6.45, 7) is 1.83. The number of ketones is 2. The summed E-state index contributed by atoms with van der Waals surface area (Å²) in [6.07, 6.45) is -1.06. The normalized spacial score (nSPS) is 18.2. The Morgan fingerprint density at radius 3 is 1.81 bits per heavy atom. The zero-order valence-corrected chi connectivity index (χ0v) is 16.7. The number of Topliss-reactive ketones (excluding diaryl/α,β-unsaturated/α-hetero) is 2. The number of carboxylic acids is 1. The summed E-state index contributed by atoms with van der Waals surface area (Å²) >= 11 is 0. The average Bonchev–Trinajstić information content (AvgIpc) is 3.34. The van der Waals surface area contributed by atoms with Crippen molar-refractivity contribution in [1.82, 2.24) is 9.97 Å². The van der Waals surface area contributed by atoms with Crippen LogP contribution in [0.5, 0.6) is 0 Å². The number of carbonyl (C=O) groups excluding carboxylic acids is 3. The van der Waals surface area contributed by atoms with Gasteiger partial charge in [-0.15, -0.1) is 0 Å². The van der Waals surface area contributed by atoms with Crippen LogP contribution < -0.4 is 0 Å². The molecule has 0 saturated heterocycles. The van der Waals surface area contributed by atoms with Crippen molar-refractivity contribution in [2.45, 2.75) is 44.5 Å². The van der Waals surface area contributed by atoms with Gasteiger partial charge in [0.25, 0.3) is 0 Å². The maximum Gasteiger partial charge on any atom is 0.354 e. The van der Waals surface area contributed by atoms with Crippen molar-refractivity contribution in [2.75, 3.05) is 6.61 Å². The molecule has 0 fully saturated rings. The van der Waals surface area contributed by atoms with E-state index in [9.17, 15) is 36.7 Å². The first-order valence-corrected chi connectivity index (χ1v) is 9.56. The number of alkyl halides is 4. The van der Waals surface area contributed by atoms with Crippen molar-refractivity contribution in [3.8, 4) is 0 Å². The molecule has 0 radical (unpaired) electrons. The molecule has 32 heavy (non-hydrogen) atoms. The Morgan fingerprint density at radius 2 is 1.38 bits per heavy atom. The quantitative estimate of drug-likeness (QED) is 0.477. The van der Waals surface area contributed by atoms with Gasteiger partial charge in [-0.1, -0.05) is 0 Å². The number of ether oxygens (including phenoxy) is 1. The average molecular weight is 458 g/mol. The number of H-pyrrole nitrogens is 2. The highest BCUT2D eigenvalue weighted by atomic mass is 19.3. The van der Waals surface area contributed by atoms with Crippen LogP contribution in [0.1, 0.15) is 72.8 Å². The molecule has 172 valence electrons. The van der Waals surface area contributed by atoms with E-state index in [1.165, 1.54) is 0 Å². The van der Waals surface area contributed by atoms with Crippen LogP contribution in [0.4, 0.5) is 17.6 Å². The van der Waals surface area contributed by atoms with Crippen molar-refractivity contribution in [1.29, 1.82) is 0 Å². The van der Waals surface area contributed by atoms with E-state index in [2.05, 4.69) is 9.97 Å². The second-order valence-corrected chi connectivity index (χ2v) is 7.24. The number of fused-ring (bicyclic) bond motifs is 2. The SMILES string of the molecule is CCOC(=O)c1cc2c([nH]1)CCC(F)(F)C2=O.O=C(O)c1cc2c([nH]1)CCC(F)(F)C2=O. The summed E-state index contributed by atoms with van der Waals surface area (Å²) in [5.41, 5.74) is 0.161. The van der Waals surface area contributed by atoms with E-state index < -0.39 is 48.2 Å². The molecule has 0 amide bonds. The van der Waals surface area contributed by atoms with Crippen LogP contribution in [0.25, 0.3) is 0 Å². The number of aromatic nitrogens is 2. The number of hydrogen-bond donors (Lipinski definition) is 3. The summed E-state index contributed by atoms with van der Waals surface area (Å²) in [7, 11) is 0. The molecule has 2 aromatic heterocycles. The molecule has 2 aliphatic rings. The lowest BCUT2D eigenvalue weighted by Crippen LogP contribution is -2.33. The van der Waals surface area contributed by atoms with Gasteiger partial charge in [0, 0.05) is 35.4 Å². The Balaban J connectivity index is 0.000000182. The summed E-state index contributed by atoms with van der Waals surface area (Å²) in [6, 6.07) is 2.11. The van der Waals surface area contributed by atoms with Crippen LogP contribution in [0, 0.1) is 0 Å². The second-order valence-electron chi connectivity index (χ2n) is 7.24. The van der Waals surface area contributed by atoms with Crippen LogP contribution in [0.3, 0.4) is 0 Å². The minimum Gasteiger partial charge on any atom is -0.477 e. The van der Waals surface area contributed by atoms with Gasteiger partial charge in [0.05, 0.1) is 6.61 Å². The molecule has 0 unspecified atom stereocenters. The van der Waals surface area contributed by atoms with Crippen molar-refractivity contribution in [3.63, 3.8) is 0 Å². The predicted molar refractivity (Wildman–Crippen MR) is 99.7 cm³/mol. The van der Waals surface area contributed by atoms with Gasteiger partial charge in [-0.05, 0) is 31.9 Å². The Hall–Kier alpha value is -3.44. The molecule has 12 heteroatoms. The van der Waals surface area contributed by atoms with Crippen LogP contribution >= 0.6 is 0 Å². The molecule has 0 atom stereocenters. The molecule has 2 aliphatic carbocycles. The molecule has 0 spiro atoms. The van der Waals surface area contributed by atoms with Gasteiger partial charge in [0.1, 0.15) is 11.4 Å². The molecular formula is C20H18F4N2O6. The number of rotatable bonds is 3. The third-order valence-corrected chi connectivity index (χ3v) is 5.06. The standard InChI is InChI=1S/C11H11F2NO3.C9H7F2NO3/c1-2-17-10(16)8-5-6-7(14-8)3-4-11(12,13)9(6)15;10-9(11)2-1-5-4(7(9)13)3-6(12-5)8(14)15/h5,14H,2-4H2,1H3;3,12H,1-2H2,(H,14,15). The third-order valence-electron chi connectivity index (χ3n) is 5.06. The molecule has 4 rings (SSSR count). The second kappa shape index (κ2) is 8.24. The Labute approximate surface area is 177 Å². The largest absolute Gasteiger partial charge is 0.477 e. The Kier molecular flexibility index (Phi) is 5.98. The molecule has 0 aromatic carbocycles. The van der Waals surface area contributed by atoms with Gasteiger partial charge in [-0.2, -0.15) is 17.6 Å². The van der Waals surface area contributed by atoms with Gasteiger partial charge in [-0.3, -0.25) is 9.59 Å². The van der Waals surface area contributed by atoms with Crippen molar-refractivity contribution in [3.05, 3.63) is 46.0 Å². The maximum atomic E-state index is 13.2. The predicted octanol–water partition coefficient (Wildman–Crippen LogP) is 3.43. The van der Waals surface area contributed by atoms with Crippen molar-refractivity contribution < 1.29 is 46.6 Å². The number of aryl methyl sites for hydroxylation is 2. The first-order chi connectivity index (χ1) is 14.9. The van der Waals surface area contributed by atoms with Gasteiger partial charge in [-0.25, -0.2) is 9.59 Å². The van der Waals surface area contributed by atoms with Crippen LogP contribution in [0.15, 0.2) is 12.1 Å². The number of nitrogens with one attached hydrogen (secondary N) is 2. The van der Waals surface area contributed by atoms with Gasteiger partial charge in [0.2, 0.25) is 11.6 Å². The Bertz CT molecular complexity index is 1100. The number of carbonyl (C=O) groups is 4. The van der Waals surface area contributed by atoms with Crippen LogP contribution in [0.2, 0.25) is 0 Å². The number of esters is 1. The lowest BCUT2D eigenvalue weighted by molar-refractivity contribution is 0.00188. The first-order valence-electron chi connectivity index (χ1n) is 9.56. The number of carboxylic acid groups (broad SMARTS) is 1. The van der Waals surface area contributed by atoms with Gasteiger partial charge in [0.15, 0.2) is 0 Å². The van der Waals surface area contributed by atoms with E-state index >= 15 is 0 Å². The third kappa shape index (κ3) is 4.30. The first kappa shape index (κ1) is 23.2. The summed E-state index contributed by atoms with van der Waals surface area (Å²) in [5.74, 6) is -11.1. The van der Waals surface area contributed by atoms with E-state index in [-0.39, 0.29) is 47.7 Å². The smallest absolute Gasteiger partial charge is 0.354 e. The molecule has 2 heterocycles. The van der Waals surface area contributed by atoms with Gasteiger partial charge < -0.3 is 19.8 Å². The summed E-state index contributed by atoms with van der Waals surface area (Å²) < 4.78 is 57.0. The molecular weight excluding hydrogens is 440 g/mol. The van der Waals surface area contributed by atoms with Crippen molar-refractivity contribution >= 4 is 23.5 Å². The number of halogens is 4. The minimum absolute atomic E-state index is 0.0125. The number of aromatic amines is 2. The van der Waals surface area contributed by atoms with E-state index in [4.69, 9.17) is 9.84 Å². The lowest BCUT2D eigenvalue weighted by Gasteiger charge is -2.19. The zero-order chi connectivity index (χ0) is 23.8. The summed E-state index contributed by atoms with van der Waals surface area (Å²) in [4.78, 5) is 49.7. The molecule has 0 bridgehead atoms. The lowest BCUT2D eigenvalue weighted by atomic mass is 9.93. The molecule has 0 saturated carbocycles. The fraction of sp³-hybridized carbons (Fsp3) is 0.400. The van der Waals surface area contributed by atoms with Gasteiger partial charge >= 0.3 is 23.8 Å². The number of aromatic carboxylic acids is 1. The minimum atomic E-state index is -3.37. The van der Waals surface area contributed by atoms with E-state index in [0.29, 0.717) is 5.69 Å². The molecule has 8 nitrogen and oxygen atoms in total. The van der Waals surface area contributed by atoms with E-state index in [1.807, 2.05) is 0 Å². The zero-order valence-electron chi connectivity index (χ0n) is 16.7. The van der Waals surface area contributed by atoms with E-state index in [0.717, 1.165) is 12.1 Å². The van der Waals surface area contributed by atoms with Crippen molar-refractivity contribution in [2.24, 2.45) is 0 Å². The van der Waals surface area contributed by atoms with Crippen LogP contribution in [-0.2, 0) is 17.6 Å². The molecule has 0 aliphatic heterocycles. The fourth-order valence-electron chi connectivity index (χ4n) is 3.41. The highest BCUT2D eigenvalue weighted by Gasteiger charge is 2.45. The van der Waals surface area contributed by atoms with E-state index in [1.54, 1.807) is 6.92 Å². The maximum absolute atomic E-state index is 13.2. The monoisotopic (exact) mass is 458 g/mol. The highest BCUT2D eigenvalue weighted by Crippen LogP contribution is 2.34. The Morgan fingerprint density at radius 1 is 0.938 bits per heavy atom. The fourth-order valence-corrected chi connectivity index (χ4v) is 3.41.